The largest absolute Gasteiger partial charge is 0.490 e. The van der Waals surface area contributed by atoms with Crippen LogP contribution in [-0.4, -0.2) is 32.7 Å². The van der Waals surface area contributed by atoms with Gasteiger partial charge in [0.25, 0.3) is 0 Å². The molecule has 0 spiro atoms. The Morgan fingerprint density at radius 2 is 2.05 bits per heavy atom. The third kappa shape index (κ3) is 3.61. The fourth-order valence-electron chi connectivity index (χ4n) is 1.91. The number of carbonyl (C=O) groups excluding carboxylic acids is 1. The lowest BCUT2D eigenvalue weighted by atomic mass is 10.1. The van der Waals surface area contributed by atoms with Crippen molar-refractivity contribution in [1.29, 1.82) is 0 Å². The quantitative estimate of drug-likeness (QED) is 0.868. The number of ether oxygens (including phenoxy) is 2. The molecule has 1 atom stereocenters. The van der Waals surface area contributed by atoms with Crippen molar-refractivity contribution in [3.63, 3.8) is 0 Å². The zero-order valence-corrected chi connectivity index (χ0v) is 11.4. The smallest absolute Gasteiger partial charge is 0.228 e. The number of hydrogen-bond acceptors (Lipinski definition) is 4. The summed E-state index contributed by atoms with van der Waals surface area (Å²) in [6.07, 6.45) is 0.871. The molecule has 1 aliphatic rings. The van der Waals surface area contributed by atoms with Crippen LogP contribution in [0, 0.1) is 5.92 Å². The number of carbonyl (C=O) groups is 1. The van der Waals surface area contributed by atoms with Gasteiger partial charge in [0.15, 0.2) is 11.5 Å². The Kier molecular flexibility index (Phi) is 4.63. The Bertz CT molecular complexity index is 448. The lowest BCUT2D eigenvalue weighted by Crippen LogP contribution is -2.28. The van der Waals surface area contributed by atoms with Crippen LogP contribution in [0.3, 0.4) is 0 Å². The van der Waals surface area contributed by atoms with Gasteiger partial charge >= 0.3 is 0 Å². The average molecular weight is 264 g/mol. The first-order valence-electron chi connectivity index (χ1n) is 6.56. The molecule has 5 nitrogen and oxygen atoms in total. The normalized spacial score (nSPS) is 15.5. The monoisotopic (exact) mass is 264 g/mol. The van der Waals surface area contributed by atoms with Crippen LogP contribution in [-0.2, 0) is 4.79 Å². The first kappa shape index (κ1) is 13.7. The molecule has 1 aliphatic heterocycles. The maximum atomic E-state index is 11.9. The minimum atomic E-state index is -0.0824. The molecule has 0 aromatic heterocycles. The zero-order chi connectivity index (χ0) is 13.7. The standard InChI is InChI=1S/C14H20N2O3/c1-10(9-15-2)14(17)16-11-4-5-12-13(8-11)19-7-3-6-18-12/h4-5,8,10,15H,3,6-7,9H2,1-2H3,(H,16,17). The molecule has 0 radical (unpaired) electrons. The molecule has 1 unspecified atom stereocenters. The summed E-state index contributed by atoms with van der Waals surface area (Å²) in [5.74, 6) is 1.33. The van der Waals surface area contributed by atoms with Crippen LogP contribution in [0.5, 0.6) is 11.5 Å². The van der Waals surface area contributed by atoms with Crippen LogP contribution in [0.4, 0.5) is 5.69 Å². The molecule has 19 heavy (non-hydrogen) atoms. The van der Waals surface area contributed by atoms with E-state index in [0.717, 1.165) is 17.9 Å². The van der Waals surface area contributed by atoms with E-state index in [1.165, 1.54) is 0 Å². The van der Waals surface area contributed by atoms with E-state index in [0.29, 0.717) is 25.5 Å². The van der Waals surface area contributed by atoms with E-state index in [-0.39, 0.29) is 11.8 Å². The maximum absolute atomic E-state index is 11.9. The first-order valence-corrected chi connectivity index (χ1v) is 6.56. The van der Waals surface area contributed by atoms with Crippen molar-refractivity contribution in [2.24, 2.45) is 5.92 Å². The highest BCUT2D eigenvalue weighted by atomic mass is 16.5. The predicted octanol–water partition coefficient (Wildman–Crippen LogP) is 1.64. The molecule has 1 amide bonds. The molecule has 0 aliphatic carbocycles. The molecule has 0 saturated heterocycles. The number of amides is 1. The molecule has 5 heteroatoms. The highest BCUT2D eigenvalue weighted by Crippen LogP contribution is 2.32. The Labute approximate surface area is 113 Å². The molecule has 0 fully saturated rings. The van der Waals surface area contributed by atoms with Gasteiger partial charge in [0.1, 0.15) is 0 Å². The van der Waals surface area contributed by atoms with Crippen LogP contribution < -0.4 is 20.1 Å². The molecule has 0 saturated carbocycles. The van der Waals surface area contributed by atoms with E-state index in [2.05, 4.69) is 10.6 Å². The van der Waals surface area contributed by atoms with Crippen molar-refractivity contribution in [3.8, 4) is 11.5 Å². The van der Waals surface area contributed by atoms with Gasteiger partial charge in [0, 0.05) is 30.6 Å². The second-order valence-electron chi connectivity index (χ2n) is 4.66. The number of benzene rings is 1. The summed E-state index contributed by atoms with van der Waals surface area (Å²) in [6.45, 7) is 3.84. The summed E-state index contributed by atoms with van der Waals surface area (Å²) < 4.78 is 11.1. The third-order valence-electron chi connectivity index (χ3n) is 2.97. The van der Waals surface area contributed by atoms with Crippen molar-refractivity contribution < 1.29 is 14.3 Å². The molecule has 2 rings (SSSR count). The van der Waals surface area contributed by atoms with Crippen LogP contribution in [0.2, 0.25) is 0 Å². The Balaban J connectivity index is 2.05. The van der Waals surface area contributed by atoms with Gasteiger partial charge < -0.3 is 20.1 Å². The summed E-state index contributed by atoms with van der Waals surface area (Å²) in [5.41, 5.74) is 0.734. The van der Waals surface area contributed by atoms with Gasteiger partial charge in [-0.05, 0) is 19.2 Å². The van der Waals surface area contributed by atoms with Crippen LogP contribution in [0.25, 0.3) is 0 Å². The second-order valence-corrected chi connectivity index (χ2v) is 4.66. The molecule has 1 aromatic carbocycles. The number of nitrogens with one attached hydrogen (secondary N) is 2. The fraction of sp³-hybridized carbons (Fsp3) is 0.500. The minimum absolute atomic E-state index is 0.0103. The summed E-state index contributed by atoms with van der Waals surface area (Å²) in [6, 6.07) is 5.47. The lowest BCUT2D eigenvalue weighted by molar-refractivity contribution is -0.119. The van der Waals surface area contributed by atoms with Gasteiger partial charge in [-0.15, -0.1) is 0 Å². The zero-order valence-electron chi connectivity index (χ0n) is 11.4. The Morgan fingerprint density at radius 1 is 1.32 bits per heavy atom. The van der Waals surface area contributed by atoms with E-state index in [4.69, 9.17) is 9.47 Å². The molecule has 1 aromatic rings. The molecular formula is C14H20N2O3. The molecular weight excluding hydrogens is 244 g/mol. The van der Waals surface area contributed by atoms with Gasteiger partial charge in [0.2, 0.25) is 5.91 Å². The Morgan fingerprint density at radius 3 is 2.79 bits per heavy atom. The predicted molar refractivity (Wildman–Crippen MR) is 73.8 cm³/mol. The van der Waals surface area contributed by atoms with Gasteiger partial charge in [-0.3, -0.25) is 4.79 Å². The van der Waals surface area contributed by atoms with E-state index < -0.39 is 0 Å². The summed E-state index contributed by atoms with van der Waals surface area (Å²) >= 11 is 0. The lowest BCUT2D eigenvalue weighted by Gasteiger charge is -2.13. The molecule has 2 N–H and O–H groups in total. The van der Waals surface area contributed by atoms with Crippen LogP contribution in [0.15, 0.2) is 18.2 Å². The van der Waals surface area contributed by atoms with E-state index in [1.54, 1.807) is 0 Å². The highest BCUT2D eigenvalue weighted by molar-refractivity contribution is 5.92. The van der Waals surface area contributed by atoms with Crippen LogP contribution >= 0.6 is 0 Å². The van der Waals surface area contributed by atoms with E-state index in [1.807, 2.05) is 32.2 Å². The van der Waals surface area contributed by atoms with E-state index >= 15 is 0 Å². The highest BCUT2D eigenvalue weighted by Gasteiger charge is 2.14. The second kappa shape index (κ2) is 6.43. The van der Waals surface area contributed by atoms with Gasteiger partial charge in [-0.2, -0.15) is 0 Å². The SMILES string of the molecule is CNCC(C)C(=O)Nc1ccc2c(c1)OCCCO2. The third-order valence-corrected chi connectivity index (χ3v) is 2.97. The number of rotatable bonds is 4. The number of anilines is 1. The summed E-state index contributed by atoms with van der Waals surface area (Å²) in [5, 5.41) is 5.87. The number of fused-ring (bicyclic) bond motifs is 1. The molecule has 104 valence electrons. The van der Waals surface area contributed by atoms with Gasteiger partial charge in [-0.1, -0.05) is 6.92 Å². The molecule has 1 heterocycles. The van der Waals surface area contributed by atoms with Crippen molar-refractivity contribution in [2.45, 2.75) is 13.3 Å². The van der Waals surface area contributed by atoms with Crippen molar-refractivity contribution in [3.05, 3.63) is 18.2 Å². The number of hydrogen-bond donors (Lipinski definition) is 2. The van der Waals surface area contributed by atoms with Gasteiger partial charge in [-0.25, -0.2) is 0 Å². The van der Waals surface area contributed by atoms with Crippen molar-refractivity contribution in [1.82, 2.24) is 5.32 Å². The van der Waals surface area contributed by atoms with E-state index in [9.17, 15) is 4.79 Å². The first-order chi connectivity index (χ1) is 9.20. The average Bonchev–Trinajstić information content (AvgIpc) is 2.63. The minimum Gasteiger partial charge on any atom is -0.490 e. The van der Waals surface area contributed by atoms with Gasteiger partial charge in [0.05, 0.1) is 13.2 Å². The summed E-state index contributed by atoms with van der Waals surface area (Å²) in [4.78, 5) is 11.9. The van der Waals surface area contributed by atoms with Crippen LogP contribution in [0.1, 0.15) is 13.3 Å². The van der Waals surface area contributed by atoms with Crippen molar-refractivity contribution >= 4 is 11.6 Å². The Hall–Kier alpha value is -1.75. The summed E-state index contributed by atoms with van der Waals surface area (Å²) in [7, 11) is 1.83. The van der Waals surface area contributed by atoms with Crippen molar-refractivity contribution in [2.75, 3.05) is 32.1 Å². The fourth-order valence-corrected chi connectivity index (χ4v) is 1.91. The topological polar surface area (TPSA) is 59.6 Å². The maximum Gasteiger partial charge on any atom is 0.228 e. The molecule has 0 bridgehead atoms.